The van der Waals surface area contributed by atoms with Crippen molar-refractivity contribution < 1.29 is 14.3 Å². The first-order valence-corrected chi connectivity index (χ1v) is 20.3. The van der Waals surface area contributed by atoms with Crippen molar-refractivity contribution in [3.05, 3.63) is 83.9 Å². The SMILES string of the molecule is C.CC(C)(C)C1CCC(Oc2ccc3cc(C=O)ccc3c2)CC1.CC(C)(C)C1CCC(Oc2ccc3cc(CNCCC#N)ccc3c2)CC1.N#CCCN. The van der Waals surface area contributed by atoms with E-state index in [9.17, 15) is 4.79 Å². The zero-order valence-corrected chi connectivity index (χ0v) is 34.2. The first-order valence-electron chi connectivity index (χ1n) is 20.3. The molecule has 2 aliphatic rings. The van der Waals surface area contributed by atoms with Crippen LogP contribution in [0.3, 0.4) is 0 Å². The second kappa shape index (κ2) is 22.3. The Hall–Kier alpha value is -4.43. The van der Waals surface area contributed by atoms with Crippen molar-refractivity contribution in [3.63, 3.8) is 0 Å². The summed E-state index contributed by atoms with van der Waals surface area (Å²) in [6.45, 7) is 16.1. The molecule has 0 atom stereocenters. The van der Waals surface area contributed by atoms with Gasteiger partial charge in [0.25, 0.3) is 0 Å². The van der Waals surface area contributed by atoms with Crippen molar-refractivity contribution in [3.8, 4) is 23.6 Å². The Morgan fingerprint density at radius 1 is 0.661 bits per heavy atom. The summed E-state index contributed by atoms with van der Waals surface area (Å²) in [5.41, 5.74) is 7.69. The third-order valence-corrected chi connectivity index (χ3v) is 11.3. The number of rotatable bonds is 10. The highest BCUT2D eigenvalue weighted by atomic mass is 16.5. The van der Waals surface area contributed by atoms with Crippen LogP contribution in [0.2, 0.25) is 0 Å². The average Bonchev–Trinajstić information content (AvgIpc) is 3.17. The normalized spacial score (nSPS) is 19.4. The van der Waals surface area contributed by atoms with Crippen LogP contribution in [0.5, 0.6) is 11.5 Å². The molecule has 3 N–H and O–H groups in total. The van der Waals surface area contributed by atoms with Gasteiger partial charge in [-0.15, -0.1) is 0 Å². The molecule has 4 aromatic rings. The molecule has 302 valence electrons. The van der Waals surface area contributed by atoms with E-state index in [-0.39, 0.29) is 7.43 Å². The van der Waals surface area contributed by atoms with E-state index < -0.39 is 0 Å². The van der Waals surface area contributed by atoms with E-state index in [0.717, 1.165) is 79.2 Å². The summed E-state index contributed by atoms with van der Waals surface area (Å²) in [5, 5.41) is 24.3. The largest absolute Gasteiger partial charge is 0.490 e. The Morgan fingerprint density at radius 2 is 1.11 bits per heavy atom. The standard InChI is InChI=1S/C24H32N2O.C21H26O2.C3H6N2.CH4/c1-24(2,3)21-8-11-22(12-9-21)27-23-10-7-19-15-18(5-6-20(19)16-23)17-26-14-4-13-25;1-21(2,3)18-7-10-19(11-8-18)23-20-9-6-16-12-15(14-22)4-5-17(16)13-20;4-2-1-3-5;/h5-7,10,15-16,21-22,26H,4,8-9,11-12,14,17H2,1-3H3;4-6,9,12-14,18-19H,7-8,10-11H2,1-3H3;1-2,4H2;1H4. The number of carbonyl (C=O) groups is 1. The second-order valence-electron chi connectivity index (χ2n) is 17.4. The number of nitriles is 2. The lowest BCUT2D eigenvalue weighted by atomic mass is 9.72. The molecule has 4 aromatic carbocycles. The summed E-state index contributed by atoms with van der Waals surface area (Å²) in [4.78, 5) is 10.9. The van der Waals surface area contributed by atoms with Gasteiger partial charge in [0.05, 0.1) is 24.3 Å². The van der Waals surface area contributed by atoms with Crippen LogP contribution in [0.15, 0.2) is 72.8 Å². The third-order valence-electron chi connectivity index (χ3n) is 11.3. The lowest BCUT2D eigenvalue weighted by Gasteiger charge is -2.37. The Labute approximate surface area is 338 Å². The molecule has 0 bridgehead atoms. The highest BCUT2D eigenvalue weighted by Crippen LogP contribution is 2.40. The molecule has 0 aromatic heterocycles. The average molecular weight is 761 g/mol. The molecule has 7 heteroatoms. The molecule has 0 aliphatic heterocycles. The summed E-state index contributed by atoms with van der Waals surface area (Å²) < 4.78 is 12.5. The fourth-order valence-electron chi connectivity index (χ4n) is 7.77. The predicted octanol–water partition coefficient (Wildman–Crippen LogP) is 12.0. The number of nitrogens with one attached hydrogen (secondary N) is 1. The van der Waals surface area contributed by atoms with Crippen LogP contribution < -0.4 is 20.5 Å². The molecule has 2 saturated carbocycles. The third kappa shape index (κ3) is 14.6. The zero-order chi connectivity index (χ0) is 39.8. The maximum Gasteiger partial charge on any atom is 0.150 e. The quantitative estimate of drug-likeness (QED) is 0.122. The topological polar surface area (TPSA) is 121 Å². The molecule has 2 fully saturated rings. The van der Waals surface area contributed by atoms with Crippen LogP contribution in [-0.4, -0.2) is 31.6 Å². The maximum atomic E-state index is 10.9. The molecule has 0 amide bonds. The van der Waals surface area contributed by atoms with Crippen molar-refractivity contribution in [2.24, 2.45) is 28.4 Å². The Morgan fingerprint density at radius 3 is 1.54 bits per heavy atom. The van der Waals surface area contributed by atoms with E-state index in [2.05, 4.69) is 95.4 Å². The molecule has 0 spiro atoms. The lowest BCUT2D eigenvalue weighted by molar-refractivity contribution is 0.0881. The van der Waals surface area contributed by atoms with Crippen LogP contribution in [-0.2, 0) is 6.54 Å². The van der Waals surface area contributed by atoms with Gasteiger partial charge < -0.3 is 20.5 Å². The summed E-state index contributed by atoms with van der Waals surface area (Å²) >= 11 is 0. The summed E-state index contributed by atoms with van der Waals surface area (Å²) in [7, 11) is 0. The van der Waals surface area contributed by atoms with E-state index in [1.165, 1.54) is 42.0 Å². The second-order valence-corrected chi connectivity index (χ2v) is 17.4. The lowest BCUT2D eigenvalue weighted by Crippen LogP contribution is -2.30. The predicted molar refractivity (Wildman–Crippen MR) is 233 cm³/mol. The summed E-state index contributed by atoms with van der Waals surface area (Å²) in [5.74, 6) is 3.55. The van der Waals surface area contributed by atoms with Gasteiger partial charge in [-0.25, -0.2) is 0 Å². The number of ether oxygens (including phenoxy) is 2. The van der Waals surface area contributed by atoms with Gasteiger partial charge in [-0.05, 0) is 138 Å². The minimum absolute atomic E-state index is 0. The molecule has 2 aliphatic carbocycles. The van der Waals surface area contributed by atoms with Gasteiger partial charge in [0, 0.05) is 38.0 Å². The van der Waals surface area contributed by atoms with Crippen molar-refractivity contribution in [1.82, 2.24) is 5.32 Å². The summed E-state index contributed by atoms with van der Waals surface area (Å²) in [6, 6.07) is 28.9. The minimum atomic E-state index is 0. The van der Waals surface area contributed by atoms with Crippen LogP contribution in [0.1, 0.15) is 129 Å². The summed E-state index contributed by atoms with van der Waals surface area (Å²) in [6.07, 6.45) is 12.2. The number of aldehydes is 1. The first-order chi connectivity index (χ1) is 26.3. The first kappa shape index (κ1) is 46.0. The van der Waals surface area contributed by atoms with Gasteiger partial charge in [-0.1, -0.05) is 85.4 Å². The number of carbonyl (C=O) groups excluding carboxylic acids is 1. The van der Waals surface area contributed by atoms with Crippen molar-refractivity contribution in [2.75, 3.05) is 13.1 Å². The number of fused-ring (bicyclic) bond motifs is 2. The number of nitrogens with zero attached hydrogens (tertiary/aromatic N) is 2. The van der Waals surface area contributed by atoms with Gasteiger partial charge in [0.1, 0.15) is 17.8 Å². The van der Waals surface area contributed by atoms with Crippen LogP contribution >= 0.6 is 0 Å². The molecule has 0 saturated heterocycles. The van der Waals surface area contributed by atoms with Gasteiger partial charge >= 0.3 is 0 Å². The van der Waals surface area contributed by atoms with E-state index in [4.69, 9.17) is 25.7 Å². The number of hydrogen-bond acceptors (Lipinski definition) is 7. The van der Waals surface area contributed by atoms with Gasteiger partial charge in [0.15, 0.2) is 0 Å². The number of benzene rings is 4. The maximum absolute atomic E-state index is 10.9. The van der Waals surface area contributed by atoms with Crippen molar-refractivity contribution >= 4 is 27.8 Å². The van der Waals surface area contributed by atoms with Crippen molar-refractivity contribution in [1.29, 1.82) is 10.5 Å². The van der Waals surface area contributed by atoms with Crippen molar-refractivity contribution in [2.45, 2.75) is 132 Å². The molecule has 0 radical (unpaired) electrons. The molecular weight excluding hydrogens is 693 g/mol. The minimum Gasteiger partial charge on any atom is -0.490 e. The van der Waals surface area contributed by atoms with E-state index >= 15 is 0 Å². The monoisotopic (exact) mass is 761 g/mol. The molecule has 6 rings (SSSR count). The molecule has 0 unspecified atom stereocenters. The fraction of sp³-hybridized carbons (Fsp3) is 0.531. The zero-order valence-electron chi connectivity index (χ0n) is 34.2. The van der Waals surface area contributed by atoms with E-state index in [1.807, 2.05) is 36.4 Å². The smallest absolute Gasteiger partial charge is 0.150 e. The van der Waals surface area contributed by atoms with Gasteiger partial charge in [-0.3, -0.25) is 4.79 Å². The van der Waals surface area contributed by atoms with Crippen LogP contribution in [0.4, 0.5) is 0 Å². The highest BCUT2D eigenvalue weighted by Gasteiger charge is 2.31. The van der Waals surface area contributed by atoms with Crippen LogP contribution in [0.25, 0.3) is 21.5 Å². The molecule has 7 nitrogen and oxygen atoms in total. The Balaban J connectivity index is 0.000000266. The van der Waals surface area contributed by atoms with Gasteiger partial charge in [-0.2, -0.15) is 10.5 Å². The fourth-order valence-corrected chi connectivity index (χ4v) is 7.77. The number of nitrogens with two attached hydrogens (primary N) is 1. The van der Waals surface area contributed by atoms with E-state index in [1.54, 1.807) is 0 Å². The molecular formula is C49H68N4O3. The number of hydrogen-bond donors (Lipinski definition) is 2. The molecule has 0 heterocycles. The molecule has 56 heavy (non-hydrogen) atoms. The Kier molecular flexibility index (Phi) is 18.3. The highest BCUT2D eigenvalue weighted by molar-refractivity contribution is 5.89. The Bertz CT molecular complexity index is 1880. The van der Waals surface area contributed by atoms with Gasteiger partial charge in [0.2, 0.25) is 0 Å². The van der Waals surface area contributed by atoms with E-state index in [0.29, 0.717) is 48.0 Å². The van der Waals surface area contributed by atoms with Crippen LogP contribution in [0, 0.1) is 45.3 Å².